The van der Waals surface area contributed by atoms with Gasteiger partial charge in [-0.3, -0.25) is 0 Å². The minimum absolute atomic E-state index is 0.743. The number of nitrogens with one attached hydrogen (secondary N) is 1. The molecular weight excluding hydrogens is 186 g/mol. The Bertz CT molecular complexity index is 143. The van der Waals surface area contributed by atoms with Crippen LogP contribution in [0.25, 0.3) is 0 Å². The van der Waals surface area contributed by atoms with Gasteiger partial charge in [-0.05, 0) is 38.1 Å². The van der Waals surface area contributed by atoms with Crippen LogP contribution < -0.4 is 5.32 Å². The van der Waals surface area contributed by atoms with Crippen molar-refractivity contribution in [3.05, 3.63) is 0 Å². The van der Waals surface area contributed by atoms with E-state index < -0.39 is 0 Å². The van der Waals surface area contributed by atoms with Gasteiger partial charge in [0, 0.05) is 19.3 Å². The Balaban J connectivity index is 2.09. The lowest BCUT2D eigenvalue weighted by atomic mass is 9.99. The SMILES string of the molecule is CCCCC(CC)NCC1CCOCC1. The molecule has 1 heterocycles. The van der Waals surface area contributed by atoms with Crippen LogP contribution in [0.1, 0.15) is 52.4 Å². The second kappa shape index (κ2) is 8.12. The van der Waals surface area contributed by atoms with E-state index in [1.165, 1.54) is 45.1 Å². The van der Waals surface area contributed by atoms with Crippen molar-refractivity contribution in [1.29, 1.82) is 0 Å². The Kier molecular flexibility index (Phi) is 7.03. The second-order valence-electron chi connectivity index (χ2n) is 4.71. The van der Waals surface area contributed by atoms with E-state index in [4.69, 9.17) is 4.74 Å². The third-order valence-corrected chi connectivity index (χ3v) is 3.44. The van der Waals surface area contributed by atoms with Crippen LogP contribution in [-0.4, -0.2) is 25.8 Å². The standard InChI is InChI=1S/C13H27NO/c1-3-5-6-13(4-2)14-11-12-7-9-15-10-8-12/h12-14H,3-11H2,1-2H3. The molecule has 0 aromatic rings. The smallest absolute Gasteiger partial charge is 0.0469 e. The Morgan fingerprint density at radius 1 is 1.27 bits per heavy atom. The second-order valence-corrected chi connectivity index (χ2v) is 4.71. The normalized spacial score (nSPS) is 20.4. The van der Waals surface area contributed by atoms with Crippen LogP contribution in [-0.2, 0) is 4.74 Å². The Morgan fingerprint density at radius 2 is 2.00 bits per heavy atom. The van der Waals surface area contributed by atoms with Crippen molar-refractivity contribution in [3.8, 4) is 0 Å². The highest BCUT2D eigenvalue weighted by Crippen LogP contribution is 2.14. The highest BCUT2D eigenvalue weighted by Gasteiger charge is 2.14. The molecule has 0 radical (unpaired) electrons. The van der Waals surface area contributed by atoms with Gasteiger partial charge in [0.15, 0.2) is 0 Å². The fourth-order valence-electron chi connectivity index (χ4n) is 2.18. The van der Waals surface area contributed by atoms with Crippen LogP contribution in [0.5, 0.6) is 0 Å². The molecule has 0 amide bonds. The zero-order valence-electron chi connectivity index (χ0n) is 10.4. The van der Waals surface area contributed by atoms with Crippen molar-refractivity contribution in [3.63, 3.8) is 0 Å². The fraction of sp³-hybridized carbons (Fsp3) is 1.00. The predicted molar refractivity (Wildman–Crippen MR) is 65.1 cm³/mol. The van der Waals surface area contributed by atoms with E-state index in [2.05, 4.69) is 19.2 Å². The zero-order valence-corrected chi connectivity index (χ0v) is 10.4. The largest absolute Gasteiger partial charge is 0.381 e. The highest BCUT2D eigenvalue weighted by molar-refractivity contribution is 4.70. The molecule has 1 aliphatic rings. The number of hydrogen-bond acceptors (Lipinski definition) is 2. The number of ether oxygens (including phenoxy) is 1. The van der Waals surface area contributed by atoms with Crippen molar-refractivity contribution < 1.29 is 4.74 Å². The molecule has 0 aromatic carbocycles. The van der Waals surface area contributed by atoms with Gasteiger partial charge in [-0.25, -0.2) is 0 Å². The van der Waals surface area contributed by atoms with Crippen LogP contribution in [0.2, 0.25) is 0 Å². The first-order valence-electron chi connectivity index (χ1n) is 6.68. The molecule has 1 saturated heterocycles. The van der Waals surface area contributed by atoms with E-state index in [1.54, 1.807) is 0 Å². The lowest BCUT2D eigenvalue weighted by Crippen LogP contribution is -2.35. The summed E-state index contributed by atoms with van der Waals surface area (Å²) >= 11 is 0. The molecule has 1 aliphatic heterocycles. The Morgan fingerprint density at radius 3 is 2.60 bits per heavy atom. The van der Waals surface area contributed by atoms with Gasteiger partial charge in [0.1, 0.15) is 0 Å². The molecule has 0 saturated carbocycles. The molecule has 2 nitrogen and oxygen atoms in total. The zero-order chi connectivity index (χ0) is 10.9. The van der Waals surface area contributed by atoms with Gasteiger partial charge >= 0.3 is 0 Å². The molecule has 1 rings (SSSR count). The summed E-state index contributed by atoms with van der Waals surface area (Å²) in [4.78, 5) is 0. The molecule has 0 spiro atoms. The molecule has 1 fully saturated rings. The number of rotatable bonds is 7. The molecule has 0 aliphatic carbocycles. The Hall–Kier alpha value is -0.0800. The Labute approximate surface area is 94.8 Å². The summed E-state index contributed by atoms with van der Waals surface area (Å²) in [7, 11) is 0. The average Bonchev–Trinajstić information content (AvgIpc) is 2.31. The monoisotopic (exact) mass is 213 g/mol. The van der Waals surface area contributed by atoms with Gasteiger partial charge in [0.25, 0.3) is 0 Å². The average molecular weight is 213 g/mol. The summed E-state index contributed by atoms with van der Waals surface area (Å²) in [6.45, 7) is 7.70. The maximum atomic E-state index is 5.37. The predicted octanol–water partition coefficient (Wildman–Crippen LogP) is 2.97. The first-order valence-corrected chi connectivity index (χ1v) is 6.68. The van der Waals surface area contributed by atoms with E-state index in [0.717, 1.165) is 25.2 Å². The lowest BCUT2D eigenvalue weighted by molar-refractivity contribution is 0.0653. The molecule has 1 N–H and O–H groups in total. The molecule has 0 bridgehead atoms. The maximum absolute atomic E-state index is 5.37. The summed E-state index contributed by atoms with van der Waals surface area (Å²) in [5.41, 5.74) is 0. The van der Waals surface area contributed by atoms with E-state index in [-0.39, 0.29) is 0 Å². The van der Waals surface area contributed by atoms with E-state index in [1.807, 2.05) is 0 Å². The minimum atomic E-state index is 0.743. The van der Waals surface area contributed by atoms with E-state index >= 15 is 0 Å². The first kappa shape index (κ1) is 13.0. The maximum Gasteiger partial charge on any atom is 0.0469 e. The molecule has 1 atom stereocenters. The van der Waals surface area contributed by atoms with Gasteiger partial charge in [-0.1, -0.05) is 26.7 Å². The number of unbranched alkanes of at least 4 members (excludes halogenated alkanes) is 1. The van der Waals surface area contributed by atoms with Crippen LogP contribution in [0, 0.1) is 5.92 Å². The third-order valence-electron chi connectivity index (χ3n) is 3.44. The molecular formula is C13H27NO. The van der Waals surface area contributed by atoms with Gasteiger partial charge in [0.2, 0.25) is 0 Å². The van der Waals surface area contributed by atoms with Crippen LogP contribution in [0.15, 0.2) is 0 Å². The summed E-state index contributed by atoms with van der Waals surface area (Å²) in [5, 5.41) is 3.72. The number of hydrogen-bond donors (Lipinski definition) is 1. The van der Waals surface area contributed by atoms with Crippen LogP contribution in [0.3, 0.4) is 0 Å². The summed E-state index contributed by atoms with van der Waals surface area (Å²) in [6.07, 6.45) is 7.78. The van der Waals surface area contributed by atoms with Gasteiger partial charge < -0.3 is 10.1 Å². The van der Waals surface area contributed by atoms with E-state index in [9.17, 15) is 0 Å². The van der Waals surface area contributed by atoms with Gasteiger partial charge in [-0.2, -0.15) is 0 Å². The first-order chi connectivity index (χ1) is 7.36. The molecule has 2 heteroatoms. The van der Waals surface area contributed by atoms with E-state index in [0.29, 0.717) is 0 Å². The molecule has 90 valence electrons. The fourth-order valence-corrected chi connectivity index (χ4v) is 2.18. The summed E-state index contributed by atoms with van der Waals surface area (Å²) in [6, 6.07) is 0.743. The topological polar surface area (TPSA) is 21.3 Å². The minimum Gasteiger partial charge on any atom is -0.381 e. The quantitative estimate of drug-likeness (QED) is 0.702. The van der Waals surface area contributed by atoms with Crippen molar-refractivity contribution in [2.75, 3.05) is 19.8 Å². The summed E-state index contributed by atoms with van der Waals surface area (Å²) < 4.78 is 5.37. The summed E-state index contributed by atoms with van der Waals surface area (Å²) in [5.74, 6) is 0.856. The van der Waals surface area contributed by atoms with Gasteiger partial charge in [-0.15, -0.1) is 0 Å². The highest BCUT2D eigenvalue weighted by atomic mass is 16.5. The molecule has 0 aromatic heterocycles. The van der Waals surface area contributed by atoms with Crippen molar-refractivity contribution in [2.45, 2.75) is 58.4 Å². The third kappa shape index (κ3) is 5.53. The van der Waals surface area contributed by atoms with Gasteiger partial charge in [0.05, 0.1) is 0 Å². The lowest BCUT2D eigenvalue weighted by Gasteiger charge is -2.25. The van der Waals surface area contributed by atoms with Crippen molar-refractivity contribution in [2.24, 2.45) is 5.92 Å². The van der Waals surface area contributed by atoms with Crippen molar-refractivity contribution in [1.82, 2.24) is 5.32 Å². The molecule has 15 heavy (non-hydrogen) atoms. The molecule has 1 unspecified atom stereocenters. The van der Waals surface area contributed by atoms with Crippen molar-refractivity contribution >= 4 is 0 Å². The van der Waals surface area contributed by atoms with Crippen LogP contribution in [0.4, 0.5) is 0 Å². The van der Waals surface area contributed by atoms with Crippen LogP contribution >= 0.6 is 0 Å².